The van der Waals surface area contributed by atoms with Gasteiger partial charge in [0, 0.05) is 49.7 Å². The number of imidazole rings is 1. The van der Waals surface area contributed by atoms with Crippen molar-refractivity contribution in [2.45, 2.75) is 31.6 Å². The van der Waals surface area contributed by atoms with Crippen molar-refractivity contribution in [2.75, 3.05) is 11.9 Å². The van der Waals surface area contributed by atoms with Crippen LogP contribution in [0.5, 0.6) is 0 Å². The molecule has 1 atom stereocenters. The van der Waals surface area contributed by atoms with E-state index in [-0.39, 0.29) is 24.8 Å². The number of carbonyl (C=O) groups is 1. The first kappa shape index (κ1) is 14.7. The van der Waals surface area contributed by atoms with Gasteiger partial charge in [0.15, 0.2) is 0 Å². The minimum atomic E-state index is -2.52. The van der Waals surface area contributed by atoms with E-state index >= 15 is 0 Å². The highest BCUT2D eigenvalue weighted by atomic mass is 19.3. The van der Waals surface area contributed by atoms with Crippen LogP contribution in [-0.4, -0.2) is 27.9 Å². The largest absolute Gasteiger partial charge is 0.338 e. The molecule has 0 spiro atoms. The molecule has 2 N–H and O–H groups in total. The Bertz CT molecular complexity index is 670. The van der Waals surface area contributed by atoms with Gasteiger partial charge < -0.3 is 15.0 Å². The van der Waals surface area contributed by atoms with Gasteiger partial charge >= 0.3 is 6.03 Å². The zero-order valence-electron chi connectivity index (χ0n) is 12.1. The maximum Gasteiger partial charge on any atom is 0.319 e. The molecule has 3 rings (SSSR count). The van der Waals surface area contributed by atoms with Crippen LogP contribution < -0.4 is 10.6 Å². The third-order valence-corrected chi connectivity index (χ3v) is 4.00. The monoisotopic (exact) mass is 308 g/mol. The zero-order chi connectivity index (χ0) is 15.6. The lowest BCUT2D eigenvalue weighted by atomic mass is 10.0. The van der Waals surface area contributed by atoms with Crippen LogP contribution in [0.15, 0.2) is 30.7 Å². The second-order valence-corrected chi connectivity index (χ2v) is 5.74. The summed E-state index contributed by atoms with van der Waals surface area (Å²) in [6.45, 7) is 0.401. The van der Waals surface area contributed by atoms with E-state index in [9.17, 15) is 13.6 Å². The number of aromatic nitrogens is 2. The Morgan fingerprint density at radius 1 is 1.45 bits per heavy atom. The second-order valence-electron chi connectivity index (χ2n) is 5.74. The summed E-state index contributed by atoms with van der Waals surface area (Å²) in [5.74, 6) is -2.52. The molecule has 0 aliphatic heterocycles. The molecule has 0 radical (unpaired) electrons. The summed E-state index contributed by atoms with van der Waals surface area (Å²) in [7, 11) is 0. The van der Waals surface area contributed by atoms with Gasteiger partial charge in [0.25, 0.3) is 0 Å². The van der Waals surface area contributed by atoms with Crippen LogP contribution in [0.2, 0.25) is 0 Å². The maximum atomic E-state index is 13.1. The molecule has 118 valence electrons. The Morgan fingerprint density at radius 3 is 3.09 bits per heavy atom. The number of nitrogens with zero attached hydrogens (tertiary/aromatic N) is 2. The van der Waals surface area contributed by atoms with Crippen molar-refractivity contribution in [1.82, 2.24) is 14.7 Å². The summed E-state index contributed by atoms with van der Waals surface area (Å²) in [6.07, 6.45) is 6.32. The molecule has 0 aromatic carbocycles. The van der Waals surface area contributed by atoms with Crippen LogP contribution in [0.3, 0.4) is 0 Å². The summed E-state index contributed by atoms with van der Waals surface area (Å²) in [5.41, 5.74) is 1.38. The molecule has 1 saturated carbocycles. The van der Waals surface area contributed by atoms with E-state index in [0.717, 1.165) is 5.65 Å². The Morgan fingerprint density at radius 2 is 2.32 bits per heavy atom. The van der Waals surface area contributed by atoms with Crippen molar-refractivity contribution in [3.63, 3.8) is 0 Å². The minimum absolute atomic E-state index is 0.00318. The Balaban J connectivity index is 1.44. The molecule has 2 amide bonds. The smallest absolute Gasteiger partial charge is 0.319 e. The predicted molar refractivity (Wildman–Crippen MR) is 79.1 cm³/mol. The zero-order valence-corrected chi connectivity index (χ0v) is 12.1. The fourth-order valence-corrected chi connectivity index (χ4v) is 2.84. The summed E-state index contributed by atoms with van der Waals surface area (Å²) in [6, 6.07) is 3.20. The van der Waals surface area contributed by atoms with Crippen LogP contribution in [0.25, 0.3) is 5.65 Å². The van der Waals surface area contributed by atoms with Crippen LogP contribution >= 0.6 is 0 Å². The number of carbonyl (C=O) groups excluding carboxylic acids is 1. The van der Waals surface area contributed by atoms with E-state index in [1.807, 2.05) is 10.6 Å². The first-order chi connectivity index (χ1) is 10.5. The third-order valence-electron chi connectivity index (χ3n) is 4.00. The molecule has 0 bridgehead atoms. The quantitative estimate of drug-likeness (QED) is 0.910. The van der Waals surface area contributed by atoms with Crippen molar-refractivity contribution in [3.8, 4) is 0 Å². The number of nitrogens with one attached hydrogen (secondary N) is 2. The van der Waals surface area contributed by atoms with Crippen LogP contribution in [0, 0.1) is 5.92 Å². The molecule has 2 aromatic rings. The van der Waals surface area contributed by atoms with Gasteiger partial charge in [-0.1, -0.05) is 0 Å². The van der Waals surface area contributed by atoms with Crippen LogP contribution in [0.4, 0.5) is 19.3 Å². The van der Waals surface area contributed by atoms with Gasteiger partial charge in [0.05, 0.1) is 0 Å². The fraction of sp³-hybridized carbons (Fsp3) is 0.467. The van der Waals surface area contributed by atoms with Gasteiger partial charge in [-0.2, -0.15) is 0 Å². The van der Waals surface area contributed by atoms with Crippen LogP contribution in [0.1, 0.15) is 25.7 Å². The number of pyridine rings is 1. The highest BCUT2D eigenvalue weighted by molar-refractivity contribution is 5.89. The summed E-state index contributed by atoms with van der Waals surface area (Å²) < 4.78 is 28.0. The highest BCUT2D eigenvalue weighted by Crippen LogP contribution is 2.40. The predicted octanol–water partition coefficient (Wildman–Crippen LogP) is 3.28. The molecule has 22 heavy (non-hydrogen) atoms. The molecule has 7 heteroatoms. The Kier molecular flexibility index (Phi) is 3.96. The number of hydrogen-bond donors (Lipinski definition) is 2. The Labute approximate surface area is 126 Å². The van der Waals surface area contributed by atoms with E-state index in [0.29, 0.717) is 25.1 Å². The number of urea groups is 1. The molecule has 2 aromatic heterocycles. The number of amides is 2. The number of halogens is 2. The molecule has 1 unspecified atom stereocenters. The van der Waals surface area contributed by atoms with Gasteiger partial charge in [-0.05, 0) is 24.8 Å². The number of fused-ring (bicyclic) bond motifs is 1. The first-order valence-electron chi connectivity index (χ1n) is 7.37. The number of rotatable bonds is 4. The van der Waals surface area contributed by atoms with E-state index < -0.39 is 5.92 Å². The van der Waals surface area contributed by atoms with Crippen LogP contribution in [-0.2, 0) is 0 Å². The van der Waals surface area contributed by atoms with E-state index in [1.165, 1.54) is 0 Å². The van der Waals surface area contributed by atoms with Gasteiger partial charge in [0.1, 0.15) is 5.65 Å². The summed E-state index contributed by atoms with van der Waals surface area (Å²) >= 11 is 0. The highest BCUT2D eigenvalue weighted by Gasteiger charge is 2.38. The molecule has 1 aliphatic carbocycles. The number of hydrogen-bond acceptors (Lipinski definition) is 2. The standard InChI is InChI=1S/C15H18F2N4O/c16-15(17)4-1-11(10-15)2-5-19-14(22)20-12-3-7-21-8-6-18-13(21)9-12/h3,6-9,11H,1-2,4-5,10H2,(H2,19,20,22). The van der Waals surface area contributed by atoms with Gasteiger partial charge in [-0.3, -0.25) is 0 Å². The van der Waals surface area contributed by atoms with Gasteiger partial charge in [-0.15, -0.1) is 0 Å². The average molecular weight is 308 g/mol. The second kappa shape index (κ2) is 5.90. The molecule has 1 aliphatic rings. The molecule has 0 saturated heterocycles. The summed E-state index contributed by atoms with van der Waals surface area (Å²) in [5, 5.41) is 5.42. The maximum absolute atomic E-state index is 13.1. The topological polar surface area (TPSA) is 58.4 Å². The van der Waals surface area contributed by atoms with Crippen molar-refractivity contribution >= 4 is 17.4 Å². The van der Waals surface area contributed by atoms with Crippen molar-refractivity contribution < 1.29 is 13.6 Å². The number of alkyl halides is 2. The Hall–Kier alpha value is -2.18. The molecular formula is C15H18F2N4O. The van der Waals surface area contributed by atoms with Crippen molar-refractivity contribution in [3.05, 3.63) is 30.7 Å². The molecular weight excluding hydrogens is 290 g/mol. The number of anilines is 1. The van der Waals surface area contributed by atoms with Gasteiger partial charge in [0.2, 0.25) is 5.92 Å². The van der Waals surface area contributed by atoms with E-state index in [2.05, 4.69) is 15.6 Å². The average Bonchev–Trinajstić information content (AvgIpc) is 3.04. The summed E-state index contributed by atoms with van der Waals surface area (Å²) in [4.78, 5) is 15.9. The van der Waals surface area contributed by atoms with E-state index in [1.54, 1.807) is 24.5 Å². The van der Waals surface area contributed by atoms with Gasteiger partial charge in [-0.25, -0.2) is 18.6 Å². The fourth-order valence-electron chi connectivity index (χ4n) is 2.84. The molecule has 1 fully saturated rings. The third kappa shape index (κ3) is 3.52. The van der Waals surface area contributed by atoms with Crippen molar-refractivity contribution in [2.24, 2.45) is 5.92 Å². The van der Waals surface area contributed by atoms with Crippen molar-refractivity contribution in [1.29, 1.82) is 0 Å². The molecule has 5 nitrogen and oxygen atoms in total. The lowest BCUT2D eigenvalue weighted by Crippen LogP contribution is -2.30. The lowest BCUT2D eigenvalue weighted by molar-refractivity contribution is 0.00478. The SMILES string of the molecule is O=C(NCCC1CCC(F)(F)C1)Nc1ccn2ccnc2c1. The molecule has 2 heterocycles. The van der Waals surface area contributed by atoms with E-state index in [4.69, 9.17) is 0 Å². The first-order valence-corrected chi connectivity index (χ1v) is 7.37. The minimum Gasteiger partial charge on any atom is -0.338 e. The lowest BCUT2D eigenvalue weighted by Gasteiger charge is -2.12. The normalized spacial score (nSPS) is 20.2.